The summed E-state index contributed by atoms with van der Waals surface area (Å²) >= 11 is 0. The lowest BCUT2D eigenvalue weighted by atomic mass is 10.1. The van der Waals surface area contributed by atoms with Gasteiger partial charge in [-0.1, -0.05) is 11.3 Å². The van der Waals surface area contributed by atoms with E-state index in [0.717, 1.165) is 0 Å². The van der Waals surface area contributed by atoms with E-state index < -0.39 is 48.4 Å². The third kappa shape index (κ3) is 4.63. The number of hydrogen-bond donors (Lipinski definition) is 0. The Morgan fingerprint density at radius 3 is 2.32 bits per heavy atom. The van der Waals surface area contributed by atoms with E-state index in [0.29, 0.717) is 5.52 Å². The summed E-state index contributed by atoms with van der Waals surface area (Å²) in [6.07, 6.45) is -4.21. The number of hydrogen-bond acceptors (Lipinski definition) is 11. The first kappa shape index (κ1) is 22.2. The van der Waals surface area contributed by atoms with Gasteiger partial charge in [-0.05, 0) is 12.1 Å². The maximum absolute atomic E-state index is 12.0. The second-order valence-electron chi connectivity index (χ2n) is 6.71. The van der Waals surface area contributed by atoms with Crippen molar-refractivity contribution < 1.29 is 42.9 Å². The zero-order chi connectivity index (χ0) is 22.7. The van der Waals surface area contributed by atoms with Crippen LogP contribution in [0.4, 0.5) is 0 Å². The smallest absolute Gasteiger partial charge is 0.340 e. The molecule has 0 aliphatic carbocycles. The molecule has 31 heavy (non-hydrogen) atoms. The molecular weight excluding hydrogens is 414 g/mol. The van der Waals surface area contributed by atoms with Gasteiger partial charge < -0.3 is 23.7 Å². The molecule has 0 amide bonds. The third-order valence-electron chi connectivity index (χ3n) is 4.49. The SMILES string of the molecule is COC(=O)c1cccc2c1nnn2[C@@H]1O[C@H](COC(C)=O)[C@@H](OC(C)=O)[C@H]1OC(C)=O. The Morgan fingerprint density at radius 1 is 1.03 bits per heavy atom. The van der Waals surface area contributed by atoms with Gasteiger partial charge in [0.25, 0.3) is 0 Å². The van der Waals surface area contributed by atoms with Gasteiger partial charge in [0.2, 0.25) is 0 Å². The summed E-state index contributed by atoms with van der Waals surface area (Å²) in [6.45, 7) is 3.35. The summed E-state index contributed by atoms with van der Waals surface area (Å²) in [5.41, 5.74) is 0.813. The number of ether oxygens (including phenoxy) is 5. The fourth-order valence-corrected chi connectivity index (χ4v) is 3.31. The van der Waals surface area contributed by atoms with Crippen molar-refractivity contribution in [1.29, 1.82) is 0 Å². The quantitative estimate of drug-likeness (QED) is 0.463. The van der Waals surface area contributed by atoms with E-state index in [1.54, 1.807) is 12.1 Å². The molecular formula is C19H21N3O9. The molecule has 1 aromatic carbocycles. The first-order valence-electron chi connectivity index (χ1n) is 9.28. The molecule has 2 heterocycles. The van der Waals surface area contributed by atoms with Gasteiger partial charge in [0.1, 0.15) is 18.2 Å². The normalized spacial score (nSPS) is 22.7. The van der Waals surface area contributed by atoms with Crippen LogP contribution in [0.15, 0.2) is 18.2 Å². The average Bonchev–Trinajstić information content (AvgIpc) is 3.27. The van der Waals surface area contributed by atoms with Crippen LogP contribution in [0.3, 0.4) is 0 Å². The van der Waals surface area contributed by atoms with Crippen molar-refractivity contribution in [3.05, 3.63) is 23.8 Å². The van der Waals surface area contributed by atoms with Crippen LogP contribution in [0.2, 0.25) is 0 Å². The summed E-state index contributed by atoms with van der Waals surface area (Å²) in [6, 6.07) is 4.76. The standard InChI is InChI=1S/C19H21N3O9/c1-9(23)28-8-14-16(29-10(2)24)17(30-11(3)25)18(31-14)22-13-7-5-6-12(19(26)27-4)15(13)20-21-22/h5-7,14,16-18H,8H2,1-4H3/t14-,16-,17-,18-/m1/s1. The van der Waals surface area contributed by atoms with E-state index >= 15 is 0 Å². The van der Waals surface area contributed by atoms with Crippen molar-refractivity contribution in [2.45, 2.75) is 45.3 Å². The molecule has 12 heteroatoms. The molecule has 166 valence electrons. The van der Waals surface area contributed by atoms with E-state index in [2.05, 4.69) is 10.3 Å². The minimum absolute atomic E-state index is 0.182. The van der Waals surface area contributed by atoms with E-state index in [-0.39, 0.29) is 17.7 Å². The molecule has 3 rings (SSSR count). The van der Waals surface area contributed by atoms with Crippen molar-refractivity contribution >= 4 is 34.9 Å². The number of rotatable bonds is 6. The molecule has 0 N–H and O–H groups in total. The fraction of sp³-hybridized carbons (Fsp3) is 0.474. The van der Waals surface area contributed by atoms with Crippen LogP contribution >= 0.6 is 0 Å². The van der Waals surface area contributed by atoms with Crippen LogP contribution < -0.4 is 0 Å². The monoisotopic (exact) mass is 435 g/mol. The second kappa shape index (κ2) is 9.08. The molecule has 1 fully saturated rings. The van der Waals surface area contributed by atoms with E-state index in [1.807, 2.05) is 0 Å². The summed E-state index contributed by atoms with van der Waals surface area (Å²) in [5, 5.41) is 8.08. The maximum Gasteiger partial charge on any atom is 0.340 e. The predicted octanol–water partition coefficient (Wildman–Crippen LogP) is 0.542. The number of esters is 4. The molecule has 0 radical (unpaired) electrons. The number of methoxy groups -OCH3 is 1. The molecule has 0 bridgehead atoms. The molecule has 0 saturated carbocycles. The topological polar surface area (TPSA) is 145 Å². The van der Waals surface area contributed by atoms with Crippen LogP contribution in [0.25, 0.3) is 11.0 Å². The first-order chi connectivity index (χ1) is 14.7. The molecule has 2 aromatic rings. The highest BCUT2D eigenvalue weighted by atomic mass is 16.7. The molecule has 0 spiro atoms. The average molecular weight is 435 g/mol. The van der Waals surface area contributed by atoms with E-state index in [1.165, 1.54) is 38.6 Å². The zero-order valence-electron chi connectivity index (χ0n) is 17.3. The minimum Gasteiger partial charge on any atom is -0.465 e. The van der Waals surface area contributed by atoms with Crippen LogP contribution in [0, 0.1) is 0 Å². The van der Waals surface area contributed by atoms with Gasteiger partial charge in [-0.15, -0.1) is 5.10 Å². The summed E-state index contributed by atoms with van der Waals surface area (Å²) in [7, 11) is 1.24. The summed E-state index contributed by atoms with van der Waals surface area (Å²) in [4.78, 5) is 46.7. The van der Waals surface area contributed by atoms with Crippen LogP contribution in [0.1, 0.15) is 37.4 Å². The van der Waals surface area contributed by atoms with Gasteiger partial charge in [0, 0.05) is 20.8 Å². The third-order valence-corrected chi connectivity index (χ3v) is 4.49. The van der Waals surface area contributed by atoms with Crippen LogP contribution in [-0.4, -0.2) is 70.9 Å². The van der Waals surface area contributed by atoms with Crippen molar-refractivity contribution in [2.75, 3.05) is 13.7 Å². The first-order valence-corrected chi connectivity index (χ1v) is 9.28. The van der Waals surface area contributed by atoms with Crippen molar-refractivity contribution in [2.24, 2.45) is 0 Å². The van der Waals surface area contributed by atoms with Gasteiger partial charge in [-0.2, -0.15) is 0 Å². The Labute approximate surface area is 176 Å². The van der Waals surface area contributed by atoms with Crippen LogP contribution in [-0.2, 0) is 38.1 Å². The molecule has 4 atom stereocenters. The highest BCUT2D eigenvalue weighted by Crippen LogP contribution is 2.35. The minimum atomic E-state index is -1.12. The Balaban J connectivity index is 2.04. The van der Waals surface area contributed by atoms with Crippen LogP contribution in [0.5, 0.6) is 0 Å². The van der Waals surface area contributed by atoms with Crippen molar-refractivity contribution in [3.8, 4) is 0 Å². The maximum atomic E-state index is 12.0. The second-order valence-corrected chi connectivity index (χ2v) is 6.71. The Hall–Kier alpha value is -3.54. The highest BCUT2D eigenvalue weighted by Gasteiger charge is 2.51. The van der Waals surface area contributed by atoms with Crippen molar-refractivity contribution in [1.82, 2.24) is 15.0 Å². The number of fused-ring (bicyclic) bond motifs is 1. The van der Waals surface area contributed by atoms with Gasteiger partial charge in [-0.3, -0.25) is 14.4 Å². The van der Waals surface area contributed by atoms with Gasteiger partial charge in [0.15, 0.2) is 18.4 Å². The lowest BCUT2D eigenvalue weighted by Crippen LogP contribution is -2.40. The largest absolute Gasteiger partial charge is 0.465 e. The summed E-state index contributed by atoms with van der Waals surface area (Å²) < 4.78 is 27.7. The number of benzene rings is 1. The van der Waals surface area contributed by atoms with Gasteiger partial charge in [0.05, 0.1) is 18.2 Å². The van der Waals surface area contributed by atoms with E-state index in [4.69, 9.17) is 23.7 Å². The number of aromatic nitrogens is 3. The molecule has 0 unspecified atom stereocenters. The fourth-order valence-electron chi connectivity index (χ4n) is 3.31. The number of carbonyl (C=O) groups is 4. The molecule has 12 nitrogen and oxygen atoms in total. The van der Waals surface area contributed by atoms with Gasteiger partial charge >= 0.3 is 23.9 Å². The molecule has 1 aliphatic heterocycles. The lowest BCUT2D eigenvalue weighted by molar-refractivity contribution is -0.166. The lowest BCUT2D eigenvalue weighted by Gasteiger charge is -2.23. The molecule has 1 saturated heterocycles. The molecule has 1 aromatic heterocycles. The number of nitrogens with zero attached hydrogens (tertiary/aromatic N) is 3. The Bertz CT molecular complexity index is 1020. The van der Waals surface area contributed by atoms with Gasteiger partial charge in [-0.25, -0.2) is 9.48 Å². The summed E-state index contributed by atoms with van der Waals surface area (Å²) in [5.74, 6) is -2.46. The van der Waals surface area contributed by atoms with Crippen molar-refractivity contribution in [3.63, 3.8) is 0 Å². The molecule has 1 aliphatic rings. The number of carbonyl (C=O) groups excluding carboxylic acids is 4. The zero-order valence-corrected chi connectivity index (χ0v) is 17.3. The van der Waals surface area contributed by atoms with E-state index in [9.17, 15) is 19.2 Å². The highest BCUT2D eigenvalue weighted by molar-refractivity contribution is 6.01. The predicted molar refractivity (Wildman–Crippen MR) is 101 cm³/mol. The Morgan fingerprint density at radius 2 is 1.71 bits per heavy atom. The Kier molecular flexibility index (Phi) is 6.49.